The Morgan fingerprint density at radius 1 is 0.515 bits per heavy atom. The standard InChI is InChI=1S/C54H103NO13/c1-3-5-7-9-10-11-12-13-14-15-16-17-18-19-20-21-22-23-24-25-26-27-28-29-30-31-32-33-34-35-37-43(58)42(55-46(59)38-36-8-6-4-2)41-65-53-51(64)49(62)52(45(40-57)67-53)68-54-50(63)48(61)47(60)44(39-56)66-54/h35,37,42-45,47-54,56-58,60-64H,3-34,36,38-41H2,1-2H3,(H,55,59)/b37-35+. The second-order valence-electron chi connectivity index (χ2n) is 20.1. The predicted octanol–water partition coefficient (Wildman–Crippen LogP) is 8.33. The zero-order valence-electron chi connectivity index (χ0n) is 42.9. The summed E-state index contributed by atoms with van der Waals surface area (Å²) in [5.41, 5.74) is 0. The summed E-state index contributed by atoms with van der Waals surface area (Å²) in [4.78, 5) is 12.9. The Hall–Kier alpha value is -1.27. The molecule has 68 heavy (non-hydrogen) atoms. The highest BCUT2D eigenvalue weighted by Gasteiger charge is 2.51. The minimum atomic E-state index is -1.78. The molecule has 0 aromatic heterocycles. The van der Waals surface area contributed by atoms with Crippen LogP contribution in [0.4, 0.5) is 0 Å². The number of rotatable bonds is 44. The van der Waals surface area contributed by atoms with E-state index < -0.39 is 86.8 Å². The van der Waals surface area contributed by atoms with Gasteiger partial charge in [-0.1, -0.05) is 219 Å². The van der Waals surface area contributed by atoms with Crippen molar-refractivity contribution in [2.75, 3.05) is 19.8 Å². The lowest BCUT2D eigenvalue weighted by atomic mass is 9.97. The van der Waals surface area contributed by atoms with E-state index in [4.69, 9.17) is 18.9 Å². The van der Waals surface area contributed by atoms with Crippen LogP contribution in [-0.4, -0.2) is 140 Å². The van der Waals surface area contributed by atoms with Crippen molar-refractivity contribution < 1.29 is 64.6 Å². The first-order valence-corrected chi connectivity index (χ1v) is 27.9. The van der Waals surface area contributed by atoms with E-state index in [9.17, 15) is 45.6 Å². The molecule has 0 aromatic carbocycles. The van der Waals surface area contributed by atoms with E-state index in [0.717, 1.165) is 38.5 Å². The SMILES string of the molecule is CCCCCCCCCCCCCCCCCCCCCCCCCCCCCC/C=C/C(O)C(COC1OC(CO)C(OC2OC(CO)C(O)C(O)C2O)C(O)C1O)NC(=O)CCCCCC. The molecule has 14 nitrogen and oxygen atoms in total. The third kappa shape index (κ3) is 27.5. The van der Waals surface area contributed by atoms with Gasteiger partial charge in [0.05, 0.1) is 32.0 Å². The van der Waals surface area contributed by atoms with Gasteiger partial charge < -0.3 is 65.1 Å². The number of unbranched alkanes of at least 4 members (excludes halogenated alkanes) is 31. The van der Waals surface area contributed by atoms with E-state index in [1.165, 1.54) is 167 Å². The number of aliphatic hydroxyl groups excluding tert-OH is 8. The molecule has 2 heterocycles. The summed E-state index contributed by atoms with van der Waals surface area (Å²) in [5.74, 6) is -0.255. The smallest absolute Gasteiger partial charge is 0.220 e. The molecule has 2 rings (SSSR count). The fraction of sp³-hybridized carbons (Fsp3) is 0.944. The molecule has 0 spiro atoms. The summed E-state index contributed by atoms with van der Waals surface area (Å²) >= 11 is 0. The van der Waals surface area contributed by atoms with Crippen LogP contribution in [0.5, 0.6) is 0 Å². The third-order valence-corrected chi connectivity index (χ3v) is 14.0. The van der Waals surface area contributed by atoms with Crippen molar-refractivity contribution in [1.29, 1.82) is 0 Å². The van der Waals surface area contributed by atoms with Crippen LogP contribution in [0.3, 0.4) is 0 Å². The molecule has 14 heteroatoms. The third-order valence-electron chi connectivity index (χ3n) is 14.0. The molecule has 2 fully saturated rings. The fourth-order valence-corrected chi connectivity index (χ4v) is 9.41. The molecule has 0 aliphatic carbocycles. The van der Waals surface area contributed by atoms with Crippen LogP contribution >= 0.6 is 0 Å². The maximum atomic E-state index is 12.9. The molecule has 402 valence electrons. The van der Waals surface area contributed by atoms with Gasteiger partial charge >= 0.3 is 0 Å². The maximum Gasteiger partial charge on any atom is 0.220 e. The van der Waals surface area contributed by atoms with Crippen molar-refractivity contribution in [2.24, 2.45) is 0 Å². The first-order valence-electron chi connectivity index (χ1n) is 27.9. The zero-order valence-corrected chi connectivity index (χ0v) is 42.9. The first-order chi connectivity index (χ1) is 33.1. The van der Waals surface area contributed by atoms with E-state index in [1.807, 2.05) is 6.08 Å². The van der Waals surface area contributed by atoms with Crippen molar-refractivity contribution >= 4 is 5.91 Å². The van der Waals surface area contributed by atoms with Gasteiger partial charge in [-0.15, -0.1) is 0 Å². The van der Waals surface area contributed by atoms with Crippen molar-refractivity contribution in [2.45, 2.75) is 306 Å². The monoisotopic (exact) mass is 974 g/mol. The minimum absolute atomic E-state index is 0.255. The summed E-state index contributed by atoms with van der Waals surface area (Å²) in [6.45, 7) is 2.67. The van der Waals surface area contributed by atoms with Crippen molar-refractivity contribution in [3.63, 3.8) is 0 Å². The number of allylic oxidation sites excluding steroid dienone is 1. The second kappa shape index (κ2) is 41.2. The number of ether oxygens (including phenoxy) is 4. The molecule has 0 bridgehead atoms. The number of nitrogens with one attached hydrogen (secondary N) is 1. The van der Waals surface area contributed by atoms with Gasteiger partial charge in [0.1, 0.15) is 48.8 Å². The molecular weight excluding hydrogens is 871 g/mol. The van der Waals surface area contributed by atoms with E-state index in [2.05, 4.69) is 19.2 Å². The summed E-state index contributed by atoms with van der Waals surface area (Å²) in [6, 6.07) is -0.905. The van der Waals surface area contributed by atoms with Gasteiger partial charge in [-0.05, 0) is 19.3 Å². The number of hydrogen-bond donors (Lipinski definition) is 9. The number of carbonyl (C=O) groups is 1. The molecule has 2 aliphatic heterocycles. The van der Waals surface area contributed by atoms with E-state index in [-0.39, 0.29) is 18.9 Å². The lowest BCUT2D eigenvalue weighted by molar-refractivity contribution is -0.359. The second-order valence-corrected chi connectivity index (χ2v) is 20.1. The molecule has 0 radical (unpaired) electrons. The van der Waals surface area contributed by atoms with E-state index in [0.29, 0.717) is 6.42 Å². The number of amides is 1. The highest BCUT2D eigenvalue weighted by atomic mass is 16.7. The normalized spacial score (nSPS) is 26.4. The highest BCUT2D eigenvalue weighted by molar-refractivity contribution is 5.76. The van der Waals surface area contributed by atoms with Gasteiger partial charge in [-0.25, -0.2) is 0 Å². The molecule has 1 amide bonds. The molecule has 0 aromatic rings. The van der Waals surface area contributed by atoms with Crippen LogP contribution in [0, 0.1) is 0 Å². The minimum Gasteiger partial charge on any atom is -0.394 e. The van der Waals surface area contributed by atoms with Crippen molar-refractivity contribution in [1.82, 2.24) is 5.32 Å². The van der Waals surface area contributed by atoms with Crippen LogP contribution in [0.2, 0.25) is 0 Å². The molecule has 9 N–H and O–H groups in total. The lowest BCUT2D eigenvalue weighted by Gasteiger charge is -2.46. The molecule has 2 aliphatic rings. The van der Waals surface area contributed by atoms with Gasteiger partial charge in [0.25, 0.3) is 0 Å². The number of hydrogen-bond acceptors (Lipinski definition) is 13. The Bertz CT molecular complexity index is 1200. The molecular formula is C54H103NO13. The van der Waals surface area contributed by atoms with Gasteiger partial charge in [0.15, 0.2) is 12.6 Å². The molecule has 12 atom stereocenters. The van der Waals surface area contributed by atoms with Crippen LogP contribution in [0.1, 0.15) is 232 Å². The predicted molar refractivity (Wildman–Crippen MR) is 268 cm³/mol. The van der Waals surface area contributed by atoms with E-state index in [1.54, 1.807) is 6.08 Å². The highest BCUT2D eigenvalue weighted by Crippen LogP contribution is 2.30. The van der Waals surface area contributed by atoms with Crippen molar-refractivity contribution in [3.8, 4) is 0 Å². The summed E-state index contributed by atoms with van der Waals surface area (Å²) in [6.07, 6.45) is 29.4. The van der Waals surface area contributed by atoms with Gasteiger partial charge in [0, 0.05) is 6.42 Å². The average Bonchev–Trinajstić information content (AvgIpc) is 3.34. The topological polar surface area (TPSA) is 228 Å². The quantitative estimate of drug-likeness (QED) is 0.0207. The van der Waals surface area contributed by atoms with Crippen LogP contribution < -0.4 is 5.32 Å². The van der Waals surface area contributed by atoms with Crippen LogP contribution in [-0.2, 0) is 23.7 Å². The molecule has 0 saturated carbocycles. The maximum absolute atomic E-state index is 12.9. The Kier molecular flexibility index (Phi) is 38.1. The van der Waals surface area contributed by atoms with E-state index >= 15 is 0 Å². The Morgan fingerprint density at radius 2 is 0.912 bits per heavy atom. The zero-order chi connectivity index (χ0) is 49.6. The van der Waals surface area contributed by atoms with Crippen LogP contribution in [0.25, 0.3) is 0 Å². The Morgan fingerprint density at radius 3 is 1.35 bits per heavy atom. The fourth-order valence-electron chi connectivity index (χ4n) is 9.41. The summed E-state index contributed by atoms with van der Waals surface area (Å²) in [5, 5.41) is 86.3. The first kappa shape index (κ1) is 62.8. The van der Waals surface area contributed by atoms with Crippen LogP contribution in [0.15, 0.2) is 12.2 Å². The molecule has 12 unspecified atom stereocenters. The van der Waals surface area contributed by atoms with Crippen molar-refractivity contribution in [3.05, 3.63) is 12.2 Å². The lowest BCUT2D eigenvalue weighted by Crippen LogP contribution is -2.65. The number of carbonyl (C=O) groups excluding carboxylic acids is 1. The Labute approximate surface area is 412 Å². The van der Waals surface area contributed by atoms with Gasteiger partial charge in [0.2, 0.25) is 5.91 Å². The number of aliphatic hydroxyl groups is 8. The largest absolute Gasteiger partial charge is 0.394 e. The van der Waals surface area contributed by atoms with Gasteiger partial charge in [-0.2, -0.15) is 0 Å². The average molecular weight is 974 g/mol. The Balaban J connectivity index is 1.59. The summed E-state index contributed by atoms with van der Waals surface area (Å²) < 4.78 is 22.6. The summed E-state index contributed by atoms with van der Waals surface area (Å²) in [7, 11) is 0. The molecule has 2 saturated heterocycles. The van der Waals surface area contributed by atoms with Gasteiger partial charge in [-0.3, -0.25) is 4.79 Å².